The number of likely N-dealkylation sites (tertiary alicyclic amines) is 2. The van der Waals surface area contributed by atoms with Crippen molar-refractivity contribution < 1.29 is 4.74 Å². The molecule has 198 valence electrons. The van der Waals surface area contributed by atoms with Crippen LogP contribution in [0, 0.1) is 6.92 Å². The summed E-state index contributed by atoms with van der Waals surface area (Å²) in [7, 11) is 2.29. The second-order valence-corrected chi connectivity index (χ2v) is 12.4. The molecule has 0 spiro atoms. The van der Waals surface area contributed by atoms with Crippen LogP contribution in [0.2, 0.25) is 0 Å². The highest BCUT2D eigenvalue weighted by molar-refractivity contribution is 7.13. The van der Waals surface area contributed by atoms with Crippen LogP contribution in [0.25, 0.3) is 10.2 Å². The van der Waals surface area contributed by atoms with Gasteiger partial charge in [-0.15, -0.1) is 0 Å². The Labute approximate surface area is 222 Å². The van der Waals surface area contributed by atoms with Gasteiger partial charge in [0.2, 0.25) is 0 Å². The minimum absolute atomic E-state index is 0.430. The van der Waals surface area contributed by atoms with Crippen molar-refractivity contribution in [3.8, 4) is 0 Å². The molecule has 0 aromatic carbocycles. The smallest absolute Gasteiger partial charge is 0.149 e. The van der Waals surface area contributed by atoms with Crippen molar-refractivity contribution in [1.82, 2.24) is 33.9 Å². The first-order valence-electron chi connectivity index (χ1n) is 14.1. The molecule has 3 saturated heterocycles. The summed E-state index contributed by atoms with van der Waals surface area (Å²) in [5.74, 6) is 1.81. The minimum atomic E-state index is 0.430. The van der Waals surface area contributed by atoms with Crippen molar-refractivity contribution in [1.29, 1.82) is 0 Å². The highest BCUT2D eigenvalue weighted by Gasteiger charge is 2.44. The molecule has 9 nitrogen and oxygen atoms in total. The molecule has 4 fully saturated rings. The van der Waals surface area contributed by atoms with Crippen molar-refractivity contribution in [2.45, 2.75) is 88.5 Å². The molecular weight excluding hydrogens is 484 g/mol. The number of aromatic nitrogens is 5. The number of likely N-dealkylation sites (N-methyl/N-ethyl adjacent to an activating group) is 1. The summed E-state index contributed by atoms with van der Waals surface area (Å²) < 4.78 is 12.2. The van der Waals surface area contributed by atoms with Gasteiger partial charge in [-0.3, -0.25) is 9.58 Å². The second kappa shape index (κ2) is 9.87. The number of nitrogens with zero attached hydrogens (tertiary/aromatic N) is 7. The average molecular weight is 523 g/mol. The van der Waals surface area contributed by atoms with E-state index in [2.05, 4.69) is 49.4 Å². The summed E-state index contributed by atoms with van der Waals surface area (Å²) in [5.41, 5.74) is 2.18. The third kappa shape index (κ3) is 4.66. The first-order chi connectivity index (χ1) is 18.1. The van der Waals surface area contributed by atoms with E-state index in [4.69, 9.17) is 14.7 Å². The lowest BCUT2D eigenvalue weighted by atomic mass is 9.89. The van der Waals surface area contributed by atoms with E-state index in [1.54, 1.807) is 0 Å². The molecule has 0 radical (unpaired) electrons. The third-order valence-corrected chi connectivity index (χ3v) is 10.0. The Balaban J connectivity index is 1.04. The fourth-order valence-electron chi connectivity index (χ4n) is 7.11. The summed E-state index contributed by atoms with van der Waals surface area (Å²) in [6.07, 6.45) is 13.2. The van der Waals surface area contributed by atoms with Gasteiger partial charge in [-0.1, -0.05) is 0 Å². The van der Waals surface area contributed by atoms with E-state index in [1.807, 2.05) is 6.20 Å². The topological polar surface area (TPSA) is 84.2 Å². The van der Waals surface area contributed by atoms with Crippen LogP contribution >= 0.6 is 11.5 Å². The van der Waals surface area contributed by atoms with Crippen molar-refractivity contribution in [3.63, 3.8) is 0 Å². The monoisotopic (exact) mass is 522 g/mol. The zero-order valence-electron chi connectivity index (χ0n) is 22.0. The number of fused-ring (bicyclic) bond motifs is 3. The van der Waals surface area contributed by atoms with E-state index in [0.717, 1.165) is 77.3 Å². The lowest BCUT2D eigenvalue weighted by Gasteiger charge is -2.41. The van der Waals surface area contributed by atoms with Gasteiger partial charge in [0, 0.05) is 63.1 Å². The Morgan fingerprint density at radius 3 is 2.59 bits per heavy atom. The molecule has 2 atom stereocenters. The van der Waals surface area contributed by atoms with Crippen LogP contribution < -0.4 is 5.32 Å². The third-order valence-electron chi connectivity index (χ3n) is 9.20. The van der Waals surface area contributed by atoms with Crippen LogP contribution in [0.4, 0.5) is 5.82 Å². The van der Waals surface area contributed by atoms with Gasteiger partial charge in [-0.2, -0.15) is 9.47 Å². The summed E-state index contributed by atoms with van der Waals surface area (Å²) in [6, 6.07) is 3.20. The van der Waals surface area contributed by atoms with Crippen LogP contribution in [-0.2, 0) is 11.2 Å². The van der Waals surface area contributed by atoms with Crippen LogP contribution in [0.3, 0.4) is 0 Å². The number of piperazine rings is 1. The molecule has 10 heteroatoms. The lowest BCUT2D eigenvalue weighted by molar-refractivity contribution is 0.0662. The van der Waals surface area contributed by atoms with Gasteiger partial charge in [0.25, 0.3) is 0 Å². The first-order valence-corrected chi connectivity index (χ1v) is 14.8. The van der Waals surface area contributed by atoms with Crippen molar-refractivity contribution in [3.05, 3.63) is 29.5 Å². The average Bonchev–Trinajstić information content (AvgIpc) is 3.70. The van der Waals surface area contributed by atoms with Crippen LogP contribution in [0.15, 0.2) is 12.4 Å². The molecule has 0 unspecified atom stereocenters. The van der Waals surface area contributed by atoms with Gasteiger partial charge >= 0.3 is 0 Å². The van der Waals surface area contributed by atoms with Gasteiger partial charge in [0.1, 0.15) is 16.5 Å². The number of hydrogen-bond donors (Lipinski definition) is 1. The van der Waals surface area contributed by atoms with E-state index in [9.17, 15) is 0 Å². The highest BCUT2D eigenvalue weighted by atomic mass is 32.1. The quantitative estimate of drug-likeness (QED) is 0.525. The molecule has 3 aromatic rings. The SMILES string of the molecule is Cc1nsc2nc(Cc3cnn(C4CCOCC4)c3)nc(NC3CCC(N4C[C@H]5C[C@@H]4CN5C)CC3)c12. The fourth-order valence-corrected chi connectivity index (χ4v) is 7.90. The Hall–Kier alpha value is -2.14. The van der Waals surface area contributed by atoms with Gasteiger partial charge in [-0.25, -0.2) is 9.97 Å². The highest BCUT2D eigenvalue weighted by Crippen LogP contribution is 2.36. The van der Waals surface area contributed by atoms with E-state index in [1.165, 1.54) is 56.7 Å². The number of anilines is 1. The van der Waals surface area contributed by atoms with Crippen LogP contribution in [0.1, 0.15) is 68.1 Å². The Morgan fingerprint density at radius 2 is 1.84 bits per heavy atom. The predicted molar refractivity (Wildman–Crippen MR) is 145 cm³/mol. The predicted octanol–water partition coefficient (Wildman–Crippen LogP) is 3.64. The van der Waals surface area contributed by atoms with Gasteiger partial charge in [0.05, 0.1) is 23.3 Å². The summed E-state index contributed by atoms with van der Waals surface area (Å²) in [6.45, 7) is 6.23. The molecule has 7 rings (SSSR count). The first kappa shape index (κ1) is 23.9. The Kier molecular flexibility index (Phi) is 6.39. The van der Waals surface area contributed by atoms with E-state index in [-0.39, 0.29) is 0 Å². The number of ether oxygens (including phenoxy) is 1. The number of nitrogens with one attached hydrogen (secondary N) is 1. The lowest BCUT2D eigenvalue weighted by Crippen LogP contribution is -2.50. The molecule has 1 N–H and O–H groups in total. The molecule has 6 heterocycles. The minimum Gasteiger partial charge on any atom is -0.381 e. The molecule has 4 aliphatic rings. The van der Waals surface area contributed by atoms with E-state index in [0.29, 0.717) is 18.5 Å². The zero-order valence-corrected chi connectivity index (χ0v) is 22.8. The number of aryl methyl sites for hydroxylation is 1. The van der Waals surface area contributed by atoms with E-state index >= 15 is 0 Å². The molecule has 1 saturated carbocycles. The van der Waals surface area contributed by atoms with Crippen LogP contribution in [0.5, 0.6) is 0 Å². The molecular formula is C27H38N8OS. The maximum Gasteiger partial charge on any atom is 0.149 e. The maximum atomic E-state index is 5.51. The summed E-state index contributed by atoms with van der Waals surface area (Å²) >= 11 is 1.48. The van der Waals surface area contributed by atoms with E-state index < -0.39 is 0 Å². The number of hydrogen-bond acceptors (Lipinski definition) is 9. The molecule has 1 aliphatic carbocycles. The molecule has 37 heavy (non-hydrogen) atoms. The fraction of sp³-hybridized carbons (Fsp3) is 0.704. The molecule has 0 amide bonds. The van der Waals surface area contributed by atoms with Gasteiger partial charge in [-0.05, 0) is 76.0 Å². The van der Waals surface area contributed by atoms with Crippen LogP contribution in [-0.4, -0.2) is 91.4 Å². The van der Waals surface area contributed by atoms with Gasteiger partial charge < -0.3 is 15.0 Å². The standard InChI is InChI=1S/C27H38N8OS/c1-17-25-26(29-19-3-5-20(6-4-19)34-16-22-12-23(34)15-33(22)2)30-24(31-27(25)37-32-17)11-18-13-28-35(14-18)21-7-9-36-10-8-21/h13-14,19-23H,3-12,15-16H2,1-2H3,(H,29,30,31)/t19?,20?,22-,23-/m1/s1. The Morgan fingerprint density at radius 1 is 1.00 bits per heavy atom. The van der Waals surface area contributed by atoms with Gasteiger partial charge in [0.15, 0.2) is 0 Å². The second-order valence-electron chi connectivity index (χ2n) is 11.6. The Bertz CT molecular complexity index is 1240. The van der Waals surface area contributed by atoms with Crippen molar-refractivity contribution >= 4 is 27.6 Å². The van der Waals surface area contributed by atoms with Crippen molar-refractivity contribution in [2.24, 2.45) is 0 Å². The zero-order chi connectivity index (χ0) is 24.9. The summed E-state index contributed by atoms with van der Waals surface area (Å²) in [5, 5.41) is 9.58. The van der Waals surface area contributed by atoms with Crippen molar-refractivity contribution in [2.75, 3.05) is 38.7 Å². The maximum absolute atomic E-state index is 5.51. The normalized spacial score (nSPS) is 29.5. The summed E-state index contributed by atoms with van der Waals surface area (Å²) in [4.78, 5) is 16.3. The molecule has 2 bridgehead atoms. The number of rotatable bonds is 6. The molecule has 3 aliphatic heterocycles. The largest absolute Gasteiger partial charge is 0.381 e. The molecule has 3 aromatic heterocycles.